The quantitative estimate of drug-likeness (QED) is 0.436. The van der Waals surface area contributed by atoms with Gasteiger partial charge in [-0.1, -0.05) is 12.1 Å². The summed E-state index contributed by atoms with van der Waals surface area (Å²) in [5, 5.41) is 31.0. The minimum Gasteiger partial charge on any atom is -0.507 e. The molecule has 0 atom stereocenters. The number of hydrogen-bond donors (Lipinski definition) is 2. The van der Waals surface area contributed by atoms with Crippen molar-refractivity contribution in [3.05, 3.63) is 42.5 Å². The Kier molecular flexibility index (Phi) is 3.61. The maximum atomic E-state index is 10.0. The lowest BCUT2D eigenvalue weighted by atomic mass is 10.2. The summed E-state index contributed by atoms with van der Waals surface area (Å²) in [6, 6.07) is 15.1. The van der Waals surface area contributed by atoms with Crippen LogP contribution >= 0.6 is 0 Å². The van der Waals surface area contributed by atoms with Gasteiger partial charge in [0.2, 0.25) is 11.6 Å². The molecule has 23 heavy (non-hydrogen) atoms. The topological polar surface area (TPSA) is 118 Å². The van der Waals surface area contributed by atoms with Crippen molar-refractivity contribution in [1.82, 2.24) is 4.98 Å². The zero-order valence-corrected chi connectivity index (χ0v) is 11.7. The molecule has 3 rings (SSSR count). The van der Waals surface area contributed by atoms with Crippen LogP contribution in [0.2, 0.25) is 0 Å². The van der Waals surface area contributed by atoms with Crippen molar-refractivity contribution >= 4 is 22.5 Å². The monoisotopic (exact) mass is 303 g/mol. The lowest BCUT2D eigenvalue weighted by Gasteiger charge is -2.04. The lowest BCUT2D eigenvalue weighted by molar-refractivity contribution is 0.474. The first-order valence-electron chi connectivity index (χ1n) is 6.54. The molecule has 0 aliphatic carbocycles. The Hall–Kier alpha value is -3.84. The SMILES string of the molecule is N#CC(C#N)=NNc1ccc(O)c(-c2nc3ccccc3o2)c1. The molecule has 110 valence electrons. The number of phenolic OH excluding ortho intramolecular Hbond substituents is 1. The molecule has 2 N–H and O–H groups in total. The molecule has 3 aromatic rings. The van der Waals surface area contributed by atoms with Crippen molar-refractivity contribution < 1.29 is 9.52 Å². The third-order valence-corrected chi connectivity index (χ3v) is 3.03. The highest BCUT2D eigenvalue weighted by Gasteiger charge is 2.13. The van der Waals surface area contributed by atoms with E-state index in [4.69, 9.17) is 14.9 Å². The standard InChI is InChI=1S/C16H9N5O2/c17-8-11(9-18)21-20-10-5-6-14(22)12(7-10)16-19-13-3-1-2-4-15(13)23-16/h1-7,20,22H. The summed E-state index contributed by atoms with van der Waals surface area (Å²) < 4.78 is 5.62. The Bertz CT molecular complexity index is 943. The second-order valence-electron chi connectivity index (χ2n) is 4.51. The largest absolute Gasteiger partial charge is 0.507 e. The number of anilines is 1. The molecule has 2 aromatic carbocycles. The van der Waals surface area contributed by atoms with Crippen LogP contribution in [0.5, 0.6) is 5.75 Å². The number of nitriles is 2. The minimum atomic E-state index is -0.304. The van der Waals surface area contributed by atoms with Crippen LogP contribution in [0.1, 0.15) is 0 Å². The second-order valence-corrected chi connectivity index (χ2v) is 4.51. The van der Waals surface area contributed by atoms with Crippen LogP contribution in [-0.2, 0) is 0 Å². The van der Waals surface area contributed by atoms with Gasteiger partial charge in [-0.25, -0.2) is 4.98 Å². The molecule has 0 radical (unpaired) electrons. The van der Waals surface area contributed by atoms with Gasteiger partial charge in [0.05, 0.1) is 11.3 Å². The molecule has 0 spiro atoms. The van der Waals surface area contributed by atoms with Crippen LogP contribution in [0.4, 0.5) is 5.69 Å². The molecule has 0 amide bonds. The van der Waals surface area contributed by atoms with Gasteiger partial charge in [-0.3, -0.25) is 5.43 Å². The van der Waals surface area contributed by atoms with E-state index in [0.717, 1.165) is 0 Å². The Morgan fingerprint density at radius 1 is 1.17 bits per heavy atom. The van der Waals surface area contributed by atoms with E-state index in [0.29, 0.717) is 22.4 Å². The average molecular weight is 303 g/mol. The molecule has 1 aromatic heterocycles. The van der Waals surface area contributed by atoms with Crippen molar-refractivity contribution in [3.8, 4) is 29.3 Å². The van der Waals surface area contributed by atoms with Gasteiger partial charge in [0, 0.05) is 0 Å². The van der Waals surface area contributed by atoms with Crippen molar-refractivity contribution in [2.24, 2.45) is 5.10 Å². The fraction of sp³-hybridized carbons (Fsp3) is 0. The van der Waals surface area contributed by atoms with E-state index in [9.17, 15) is 5.11 Å². The van der Waals surface area contributed by atoms with Crippen molar-refractivity contribution in [3.63, 3.8) is 0 Å². The maximum absolute atomic E-state index is 10.0. The highest BCUT2D eigenvalue weighted by molar-refractivity contribution is 6.10. The van der Waals surface area contributed by atoms with Crippen molar-refractivity contribution in [2.75, 3.05) is 5.43 Å². The highest BCUT2D eigenvalue weighted by Crippen LogP contribution is 2.33. The Labute approximate surface area is 130 Å². The summed E-state index contributed by atoms with van der Waals surface area (Å²) in [5.41, 5.74) is 4.40. The first kappa shape index (κ1) is 14.1. The van der Waals surface area contributed by atoms with Crippen LogP contribution in [-0.4, -0.2) is 15.8 Å². The van der Waals surface area contributed by atoms with Crippen LogP contribution in [0.15, 0.2) is 52.0 Å². The van der Waals surface area contributed by atoms with E-state index in [1.165, 1.54) is 6.07 Å². The van der Waals surface area contributed by atoms with E-state index in [2.05, 4.69) is 15.5 Å². The van der Waals surface area contributed by atoms with Gasteiger partial charge >= 0.3 is 0 Å². The fourth-order valence-corrected chi connectivity index (χ4v) is 1.96. The van der Waals surface area contributed by atoms with Gasteiger partial charge in [0.15, 0.2) is 5.58 Å². The lowest BCUT2D eigenvalue weighted by Crippen LogP contribution is -1.96. The summed E-state index contributed by atoms with van der Waals surface area (Å²) in [6.07, 6.45) is 0. The number of aromatic nitrogens is 1. The molecular formula is C16H9N5O2. The Morgan fingerprint density at radius 3 is 2.70 bits per heavy atom. The number of hydrazone groups is 1. The molecule has 0 aliphatic rings. The molecule has 7 nitrogen and oxygen atoms in total. The number of rotatable bonds is 3. The predicted octanol–water partition coefficient (Wildman–Crippen LogP) is 3.02. The highest BCUT2D eigenvalue weighted by atomic mass is 16.3. The summed E-state index contributed by atoms with van der Waals surface area (Å²) in [4.78, 5) is 4.32. The maximum Gasteiger partial charge on any atom is 0.237 e. The fourth-order valence-electron chi connectivity index (χ4n) is 1.96. The number of aromatic hydroxyl groups is 1. The molecule has 0 unspecified atom stereocenters. The first-order valence-corrected chi connectivity index (χ1v) is 6.54. The number of hydrogen-bond acceptors (Lipinski definition) is 7. The zero-order valence-electron chi connectivity index (χ0n) is 11.7. The smallest absolute Gasteiger partial charge is 0.237 e. The van der Waals surface area contributed by atoms with Crippen LogP contribution in [0.25, 0.3) is 22.6 Å². The van der Waals surface area contributed by atoms with Gasteiger partial charge in [-0.05, 0) is 30.3 Å². The van der Waals surface area contributed by atoms with E-state index >= 15 is 0 Å². The summed E-state index contributed by atoms with van der Waals surface area (Å²) in [6.45, 7) is 0. The van der Waals surface area contributed by atoms with Gasteiger partial charge < -0.3 is 9.52 Å². The predicted molar refractivity (Wildman–Crippen MR) is 83.4 cm³/mol. The normalized spacial score (nSPS) is 9.83. The van der Waals surface area contributed by atoms with Crippen molar-refractivity contribution in [1.29, 1.82) is 10.5 Å². The molecular weight excluding hydrogens is 294 g/mol. The molecule has 0 aliphatic heterocycles. The third-order valence-electron chi connectivity index (χ3n) is 3.03. The number of nitrogens with zero attached hydrogens (tertiary/aromatic N) is 4. The third kappa shape index (κ3) is 2.80. The van der Waals surface area contributed by atoms with Gasteiger partial charge in [-0.2, -0.15) is 15.6 Å². The van der Waals surface area contributed by atoms with Gasteiger partial charge in [0.1, 0.15) is 23.4 Å². The van der Waals surface area contributed by atoms with Crippen molar-refractivity contribution in [2.45, 2.75) is 0 Å². The summed E-state index contributed by atoms with van der Waals surface area (Å²) in [7, 11) is 0. The van der Waals surface area contributed by atoms with Crippen LogP contribution in [0, 0.1) is 22.7 Å². The van der Waals surface area contributed by atoms with E-state index in [1.807, 2.05) is 12.1 Å². The molecule has 0 fully saturated rings. The number of para-hydroxylation sites is 2. The second kappa shape index (κ2) is 5.88. The van der Waals surface area contributed by atoms with Crippen LogP contribution < -0.4 is 5.43 Å². The molecule has 7 heteroatoms. The average Bonchev–Trinajstić information content (AvgIpc) is 3.01. The molecule has 0 saturated carbocycles. The molecule has 1 heterocycles. The number of fused-ring (bicyclic) bond motifs is 1. The van der Waals surface area contributed by atoms with Gasteiger partial charge in [0.25, 0.3) is 0 Å². The van der Waals surface area contributed by atoms with E-state index in [-0.39, 0.29) is 17.4 Å². The Morgan fingerprint density at radius 2 is 1.96 bits per heavy atom. The van der Waals surface area contributed by atoms with Crippen LogP contribution in [0.3, 0.4) is 0 Å². The van der Waals surface area contributed by atoms with E-state index in [1.54, 1.807) is 36.4 Å². The first-order chi connectivity index (χ1) is 11.2. The number of benzene rings is 2. The summed E-state index contributed by atoms with van der Waals surface area (Å²) >= 11 is 0. The number of nitrogens with one attached hydrogen (secondary N) is 1. The molecule has 0 saturated heterocycles. The number of oxazole rings is 1. The van der Waals surface area contributed by atoms with E-state index < -0.39 is 0 Å². The zero-order chi connectivity index (χ0) is 16.2. The number of phenols is 1. The summed E-state index contributed by atoms with van der Waals surface area (Å²) in [5.74, 6) is 0.254. The minimum absolute atomic E-state index is 0.00752. The molecule has 0 bridgehead atoms. The van der Waals surface area contributed by atoms with Gasteiger partial charge in [-0.15, -0.1) is 0 Å². The Balaban J connectivity index is 1.99.